The molecule has 0 aromatic heterocycles. The van der Waals surface area contributed by atoms with Crippen LogP contribution in [0.15, 0.2) is 42.5 Å². The lowest BCUT2D eigenvalue weighted by Crippen LogP contribution is -2.27. The lowest BCUT2D eigenvalue weighted by molar-refractivity contribution is -0.121. The highest BCUT2D eigenvalue weighted by Crippen LogP contribution is 2.24. The van der Waals surface area contributed by atoms with Crippen molar-refractivity contribution in [2.45, 2.75) is 64.8 Å². The fourth-order valence-electron chi connectivity index (χ4n) is 3.62. The molecule has 2 nitrogen and oxygen atoms in total. The highest BCUT2D eigenvalue weighted by Gasteiger charge is 2.14. The van der Waals surface area contributed by atoms with Crippen molar-refractivity contribution in [3.8, 4) is 0 Å². The first-order valence-electron chi connectivity index (χ1n) is 9.64. The summed E-state index contributed by atoms with van der Waals surface area (Å²) in [6, 6.07) is 15.4. The molecule has 1 amide bonds. The van der Waals surface area contributed by atoms with E-state index >= 15 is 0 Å². The predicted molar refractivity (Wildman–Crippen MR) is 104 cm³/mol. The van der Waals surface area contributed by atoms with Gasteiger partial charge < -0.3 is 5.32 Å². The van der Waals surface area contributed by atoms with E-state index in [1.54, 1.807) is 0 Å². The van der Waals surface area contributed by atoms with Crippen LogP contribution in [-0.2, 0) is 30.5 Å². The summed E-state index contributed by atoms with van der Waals surface area (Å²) in [5.74, 6) is 0.129. The number of aryl methyl sites for hydroxylation is 4. The number of benzene rings is 2. The van der Waals surface area contributed by atoms with Crippen LogP contribution in [0.5, 0.6) is 0 Å². The van der Waals surface area contributed by atoms with Gasteiger partial charge in [-0.1, -0.05) is 49.4 Å². The molecule has 0 saturated carbocycles. The zero-order chi connectivity index (χ0) is 17.6. The van der Waals surface area contributed by atoms with Crippen LogP contribution in [0.25, 0.3) is 0 Å². The molecule has 0 unspecified atom stereocenters. The molecule has 0 radical (unpaired) electrons. The van der Waals surface area contributed by atoms with Gasteiger partial charge in [-0.25, -0.2) is 0 Å². The number of fused-ring (bicyclic) bond motifs is 1. The van der Waals surface area contributed by atoms with Crippen molar-refractivity contribution in [1.29, 1.82) is 0 Å². The lowest BCUT2D eigenvalue weighted by Gasteiger charge is -2.20. The molecule has 0 spiro atoms. The normalized spacial score (nSPS) is 14.6. The SMILES string of the molecule is CCc1ccc(CCC(=O)N[C@@H](C)c2ccc3c(c2)CCCC3)cc1. The van der Waals surface area contributed by atoms with Gasteiger partial charge in [0.05, 0.1) is 6.04 Å². The third kappa shape index (κ3) is 4.72. The molecule has 25 heavy (non-hydrogen) atoms. The van der Waals surface area contributed by atoms with E-state index in [1.165, 1.54) is 53.5 Å². The highest BCUT2D eigenvalue weighted by molar-refractivity contribution is 5.76. The molecule has 132 valence electrons. The van der Waals surface area contributed by atoms with Crippen LogP contribution >= 0.6 is 0 Å². The Balaban J connectivity index is 1.53. The third-order valence-electron chi connectivity index (χ3n) is 5.32. The maximum Gasteiger partial charge on any atom is 0.220 e. The van der Waals surface area contributed by atoms with Crippen LogP contribution in [-0.4, -0.2) is 5.91 Å². The Hall–Kier alpha value is -2.09. The summed E-state index contributed by atoms with van der Waals surface area (Å²) in [5.41, 5.74) is 6.76. The van der Waals surface area contributed by atoms with Gasteiger partial charge in [0.15, 0.2) is 0 Å². The van der Waals surface area contributed by atoms with Gasteiger partial charge in [0.2, 0.25) is 5.91 Å². The number of carbonyl (C=O) groups excluding carboxylic acids is 1. The summed E-state index contributed by atoms with van der Waals surface area (Å²) < 4.78 is 0. The molecule has 1 atom stereocenters. The minimum absolute atomic E-state index is 0.0715. The molecule has 1 N–H and O–H groups in total. The van der Waals surface area contributed by atoms with E-state index < -0.39 is 0 Å². The smallest absolute Gasteiger partial charge is 0.220 e. The summed E-state index contributed by atoms with van der Waals surface area (Å²) in [7, 11) is 0. The van der Waals surface area contributed by atoms with Crippen LogP contribution in [0.3, 0.4) is 0 Å². The fraction of sp³-hybridized carbons (Fsp3) is 0.435. The molecule has 1 aliphatic carbocycles. The van der Waals surface area contributed by atoms with Crippen molar-refractivity contribution in [3.05, 3.63) is 70.3 Å². The number of hydrogen-bond acceptors (Lipinski definition) is 1. The molecule has 2 aromatic carbocycles. The van der Waals surface area contributed by atoms with E-state index in [2.05, 4.69) is 61.6 Å². The molecule has 0 fully saturated rings. The van der Waals surface area contributed by atoms with E-state index in [0.29, 0.717) is 6.42 Å². The molecular weight excluding hydrogens is 306 g/mol. The Morgan fingerprint density at radius 2 is 1.68 bits per heavy atom. The standard InChI is InChI=1S/C23H29NO/c1-3-18-8-10-19(11-9-18)12-15-23(25)24-17(2)21-14-13-20-6-4-5-7-22(20)16-21/h8-11,13-14,16-17H,3-7,12,15H2,1-2H3,(H,24,25)/t17-/m0/s1. The topological polar surface area (TPSA) is 29.1 Å². The molecule has 0 bridgehead atoms. The largest absolute Gasteiger partial charge is 0.350 e. The second kappa shape index (κ2) is 8.33. The molecule has 2 aromatic rings. The van der Waals surface area contributed by atoms with E-state index in [1.807, 2.05) is 0 Å². The molecule has 0 aliphatic heterocycles. The van der Waals surface area contributed by atoms with Crippen LogP contribution in [0.4, 0.5) is 0 Å². The van der Waals surface area contributed by atoms with Gasteiger partial charge in [-0.05, 0) is 73.3 Å². The maximum atomic E-state index is 12.3. The average molecular weight is 335 g/mol. The summed E-state index contributed by atoms with van der Waals surface area (Å²) in [5, 5.41) is 3.16. The summed E-state index contributed by atoms with van der Waals surface area (Å²) in [4.78, 5) is 12.3. The Labute approximate surface area is 151 Å². The van der Waals surface area contributed by atoms with Gasteiger partial charge in [0.25, 0.3) is 0 Å². The van der Waals surface area contributed by atoms with Crippen molar-refractivity contribution < 1.29 is 4.79 Å². The molecule has 0 heterocycles. The first-order chi connectivity index (χ1) is 12.2. The Kier molecular flexibility index (Phi) is 5.91. The second-order valence-electron chi connectivity index (χ2n) is 7.19. The Morgan fingerprint density at radius 3 is 2.40 bits per heavy atom. The summed E-state index contributed by atoms with van der Waals surface area (Å²) in [6.07, 6.45) is 7.36. The molecule has 0 saturated heterocycles. The number of nitrogens with one attached hydrogen (secondary N) is 1. The minimum Gasteiger partial charge on any atom is -0.350 e. The monoisotopic (exact) mass is 335 g/mol. The van der Waals surface area contributed by atoms with Crippen LogP contribution in [0.1, 0.15) is 67.0 Å². The number of carbonyl (C=O) groups is 1. The first-order valence-corrected chi connectivity index (χ1v) is 9.64. The van der Waals surface area contributed by atoms with Gasteiger partial charge in [-0.3, -0.25) is 4.79 Å². The van der Waals surface area contributed by atoms with E-state index in [0.717, 1.165) is 12.8 Å². The van der Waals surface area contributed by atoms with Gasteiger partial charge in [0.1, 0.15) is 0 Å². The summed E-state index contributed by atoms with van der Waals surface area (Å²) in [6.45, 7) is 4.24. The lowest BCUT2D eigenvalue weighted by atomic mass is 9.89. The van der Waals surface area contributed by atoms with Crippen molar-refractivity contribution >= 4 is 5.91 Å². The fourth-order valence-corrected chi connectivity index (χ4v) is 3.62. The van der Waals surface area contributed by atoms with Crippen molar-refractivity contribution in [2.24, 2.45) is 0 Å². The van der Waals surface area contributed by atoms with Crippen LogP contribution in [0, 0.1) is 0 Å². The van der Waals surface area contributed by atoms with E-state index in [9.17, 15) is 4.79 Å². The second-order valence-corrected chi connectivity index (χ2v) is 7.19. The maximum absolute atomic E-state index is 12.3. The Morgan fingerprint density at radius 1 is 1.00 bits per heavy atom. The van der Waals surface area contributed by atoms with Gasteiger partial charge in [0, 0.05) is 6.42 Å². The van der Waals surface area contributed by atoms with Crippen molar-refractivity contribution in [1.82, 2.24) is 5.32 Å². The number of amides is 1. The molecule has 1 aliphatic rings. The van der Waals surface area contributed by atoms with Gasteiger partial charge in [-0.15, -0.1) is 0 Å². The van der Waals surface area contributed by atoms with Crippen molar-refractivity contribution in [2.75, 3.05) is 0 Å². The Bertz CT molecular complexity index is 717. The predicted octanol–water partition coefficient (Wildman–Crippen LogP) is 4.94. The molecule has 2 heteroatoms. The molecular formula is C23H29NO. The first kappa shape index (κ1) is 17.7. The van der Waals surface area contributed by atoms with Crippen LogP contribution < -0.4 is 5.32 Å². The van der Waals surface area contributed by atoms with Gasteiger partial charge >= 0.3 is 0 Å². The minimum atomic E-state index is 0.0715. The van der Waals surface area contributed by atoms with Gasteiger partial charge in [-0.2, -0.15) is 0 Å². The highest BCUT2D eigenvalue weighted by atomic mass is 16.1. The zero-order valence-electron chi connectivity index (χ0n) is 15.5. The zero-order valence-corrected chi connectivity index (χ0v) is 15.5. The van der Waals surface area contributed by atoms with E-state index in [4.69, 9.17) is 0 Å². The van der Waals surface area contributed by atoms with Crippen molar-refractivity contribution in [3.63, 3.8) is 0 Å². The average Bonchev–Trinajstić information content (AvgIpc) is 2.66. The number of hydrogen-bond donors (Lipinski definition) is 1. The molecule has 3 rings (SSSR count). The van der Waals surface area contributed by atoms with E-state index in [-0.39, 0.29) is 11.9 Å². The quantitative estimate of drug-likeness (QED) is 0.796. The third-order valence-corrected chi connectivity index (χ3v) is 5.32. The number of rotatable bonds is 6. The van der Waals surface area contributed by atoms with Crippen LogP contribution in [0.2, 0.25) is 0 Å². The summed E-state index contributed by atoms with van der Waals surface area (Å²) >= 11 is 0.